The average Bonchev–Trinajstić information content (AvgIpc) is 3.30. The highest BCUT2D eigenvalue weighted by atomic mass is 16.5. The molecule has 2 amide bonds. The van der Waals surface area contributed by atoms with E-state index in [1.165, 1.54) is 13.5 Å². The average molecular weight is 527 g/mol. The standard InChI is InChI=1S/C29H38N2O7/c1-37-23-13-18(16-33)12-20-24-21(28(35)30-10-11-32)14-22(25(34)27(24)38-26(20)23)31(29(36)19-8-5-9-19)15-17-6-3-2-4-7-17/h12-14,16-17,19,22,24-25,27,32,34H,2-11,15H2,1H3,(H,30,35). The van der Waals surface area contributed by atoms with Gasteiger partial charge in [0, 0.05) is 35.7 Å². The topological polar surface area (TPSA) is 125 Å². The van der Waals surface area contributed by atoms with Gasteiger partial charge in [0.2, 0.25) is 11.8 Å². The molecule has 2 saturated carbocycles. The summed E-state index contributed by atoms with van der Waals surface area (Å²) in [7, 11) is 1.47. The summed E-state index contributed by atoms with van der Waals surface area (Å²) in [5.74, 6) is 0.0215. The van der Waals surface area contributed by atoms with Crippen LogP contribution in [0.1, 0.15) is 73.2 Å². The maximum Gasteiger partial charge on any atom is 0.247 e. The number of aldehydes is 1. The highest BCUT2D eigenvalue weighted by Crippen LogP contribution is 2.51. The van der Waals surface area contributed by atoms with Crippen LogP contribution in [-0.4, -0.2) is 78.3 Å². The van der Waals surface area contributed by atoms with Crippen molar-refractivity contribution in [3.8, 4) is 11.5 Å². The predicted octanol–water partition coefficient (Wildman–Crippen LogP) is 2.34. The molecule has 206 valence electrons. The van der Waals surface area contributed by atoms with Crippen molar-refractivity contribution < 1.29 is 34.1 Å². The third-order valence-corrected chi connectivity index (χ3v) is 8.69. The molecule has 5 rings (SSSR count). The fourth-order valence-electron chi connectivity index (χ4n) is 6.45. The molecule has 4 atom stereocenters. The van der Waals surface area contributed by atoms with Crippen LogP contribution in [0.4, 0.5) is 0 Å². The van der Waals surface area contributed by atoms with E-state index in [0.29, 0.717) is 46.9 Å². The maximum atomic E-state index is 13.7. The van der Waals surface area contributed by atoms with Gasteiger partial charge in [0.15, 0.2) is 11.5 Å². The van der Waals surface area contributed by atoms with E-state index >= 15 is 0 Å². The second kappa shape index (κ2) is 11.5. The number of nitrogens with one attached hydrogen (secondary N) is 1. The van der Waals surface area contributed by atoms with Crippen LogP contribution in [0.3, 0.4) is 0 Å². The lowest BCUT2D eigenvalue weighted by Gasteiger charge is -2.44. The van der Waals surface area contributed by atoms with Crippen LogP contribution in [0.5, 0.6) is 11.5 Å². The van der Waals surface area contributed by atoms with Gasteiger partial charge in [0.05, 0.1) is 25.7 Å². The molecule has 4 aliphatic rings. The Kier molecular flexibility index (Phi) is 8.04. The van der Waals surface area contributed by atoms with E-state index < -0.39 is 30.1 Å². The lowest BCUT2D eigenvalue weighted by Crippen LogP contribution is -2.58. The predicted molar refractivity (Wildman–Crippen MR) is 139 cm³/mol. The first-order valence-electron chi connectivity index (χ1n) is 13.9. The third-order valence-electron chi connectivity index (χ3n) is 8.69. The summed E-state index contributed by atoms with van der Waals surface area (Å²) in [6.07, 6.45) is 8.77. The smallest absolute Gasteiger partial charge is 0.247 e. The van der Waals surface area contributed by atoms with Crippen LogP contribution < -0.4 is 14.8 Å². The first kappa shape index (κ1) is 26.7. The molecule has 2 fully saturated rings. The second-order valence-corrected chi connectivity index (χ2v) is 11.0. The Balaban J connectivity index is 1.56. The first-order chi connectivity index (χ1) is 18.5. The van der Waals surface area contributed by atoms with E-state index in [-0.39, 0.29) is 25.0 Å². The number of carbonyl (C=O) groups excluding carboxylic acids is 3. The number of aliphatic hydroxyl groups excluding tert-OH is 2. The zero-order chi connectivity index (χ0) is 26.8. The highest BCUT2D eigenvalue weighted by molar-refractivity contribution is 5.96. The Morgan fingerprint density at radius 3 is 2.55 bits per heavy atom. The summed E-state index contributed by atoms with van der Waals surface area (Å²) < 4.78 is 11.8. The molecule has 1 aromatic carbocycles. The van der Waals surface area contributed by atoms with E-state index in [0.717, 1.165) is 44.9 Å². The Morgan fingerprint density at radius 1 is 1.16 bits per heavy atom. The lowest BCUT2D eigenvalue weighted by molar-refractivity contribution is -0.145. The number of rotatable bonds is 9. The van der Waals surface area contributed by atoms with Gasteiger partial charge in [0.25, 0.3) is 0 Å². The molecule has 1 heterocycles. The lowest BCUT2D eigenvalue weighted by atomic mass is 9.76. The SMILES string of the molecule is COc1cc(C=O)cc2c1OC1C2C(C(=O)NCCO)=CC(N(CC2CCCCC2)C(=O)C2CCC2)C1O. The highest BCUT2D eigenvalue weighted by Gasteiger charge is 2.52. The molecule has 3 N–H and O–H groups in total. The van der Waals surface area contributed by atoms with Gasteiger partial charge in [-0.15, -0.1) is 0 Å². The summed E-state index contributed by atoms with van der Waals surface area (Å²) in [5, 5.41) is 23.8. The first-order valence-corrected chi connectivity index (χ1v) is 13.9. The molecular formula is C29H38N2O7. The van der Waals surface area contributed by atoms with Crippen LogP contribution in [0.25, 0.3) is 0 Å². The molecule has 9 nitrogen and oxygen atoms in total. The molecule has 4 unspecified atom stereocenters. The van der Waals surface area contributed by atoms with Crippen molar-refractivity contribution in [1.82, 2.24) is 10.2 Å². The van der Waals surface area contributed by atoms with Gasteiger partial charge in [-0.3, -0.25) is 14.4 Å². The van der Waals surface area contributed by atoms with Crippen LogP contribution >= 0.6 is 0 Å². The van der Waals surface area contributed by atoms with E-state index in [1.54, 1.807) is 23.1 Å². The molecule has 38 heavy (non-hydrogen) atoms. The number of methoxy groups -OCH3 is 1. The number of amides is 2. The van der Waals surface area contributed by atoms with Gasteiger partial charge in [-0.05, 0) is 49.8 Å². The number of benzene rings is 1. The molecule has 3 aliphatic carbocycles. The summed E-state index contributed by atoms with van der Waals surface area (Å²) in [4.78, 5) is 40.6. The monoisotopic (exact) mass is 526 g/mol. The number of carbonyl (C=O) groups is 3. The number of aliphatic hydroxyl groups is 2. The van der Waals surface area contributed by atoms with Gasteiger partial charge in [-0.2, -0.15) is 0 Å². The van der Waals surface area contributed by atoms with Gasteiger partial charge >= 0.3 is 0 Å². The van der Waals surface area contributed by atoms with Crippen molar-refractivity contribution in [1.29, 1.82) is 0 Å². The maximum absolute atomic E-state index is 13.7. The van der Waals surface area contributed by atoms with Crippen molar-refractivity contribution in [2.45, 2.75) is 75.5 Å². The largest absolute Gasteiger partial charge is 0.493 e. The van der Waals surface area contributed by atoms with Gasteiger partial charge < -0.3 is 29.9 Å². The molecule has 1 aliphatic heterocycles. The van der Waals surface area contributed by atoms with Crippen LogP contribution in [-0.2, 0) is 9.59 Å². The number of ether oxygens (including phenoxy) is 2. The third kappa shape index (κ3) is 4.94. The van der Waals surface area contributed by atoms with E-state index in [4.69, 9.17) is 9.47 Å². The van der Waals surface area contributed by atoms with Crippen LogP contribution in [0.15, 0.2) is 23.8 Å². The van der Waals surface area contributed by atoms with Crippen molar-refractivity contribution in [2.75, 3.05) is 26.8 Å². The van der Waals surface area contributed by atoms with Crippen molar-refractivity contribution in [2.24, 2.45) is 11.8 Å². The minimum atomic E-state index is -1.08. The molecule has 1 aromatic rings. The van der Waals surface area contributed by atoms with Crippen molar-refractivity contribution in [3.05, 3.63) is 34.9 Å². The van der Waals surface area contributed by atoms with Crippen molar-refractivity contribution >= 4 is 18.1 Å². The van der Waals surface area contributed by atoms with Crippen LogP contribution in [0.2, 0.25) is 0 Å². The summed E-state index contributed by atoms with van der Waals surface area (Å²) in [5.41, 5.74) is 1.32. The molecule has 0 bridgehead atoms. The Bertz CT molecular complexity index is 1090. The fraction of sp³-hybridized carbons (Fsp3) is 0.621. The molecule has 0 aromatic heterocycles. The fourth-order valence-corrected chi connectivity index (χ4v) is 6.45. The number of fused-ring (bicyclic) bond motifs is 3. The zero-order valence-electron chi connectivity index (χ0n) is 21.9. The molecule has 0 saturated heterocycles. The minimum absolute atomic E-state index is 0.0343. The zero-order valence-corrected chi connectivity index (χ0v) is 21.9. The van der Waals surface area contributed by atoms with Crippen LogP contribution in [0, 0.1) is 11.8 Å². The quantitative estimate of drug-likeness (QED) is 0.422. The Hall–Kier alpha value is -2.91. The van der Waals surface area contributed by atoms with Crippen molar-refractivity contribution in [3.63, 3.8) is 0 Å². The summed E-state index contributed by atoms with van der Waals surface area (Å²) in [6, 6.07) is 2.50. The Labute approximate surface area is 223 Å². The molecule has 0 radical (unpaired) electrons. The summed E-state index contributed by atoms with van der Waals surface area (Å²) >= 11 is 0. The van der Waals surface area contributed by atoms with E-state index in [2.05, 4.69) is 5.32 Å². The normalized spacial score (nSPS) is 26.8. The minimum Gasteiger partial charge on any atom is -0.493 e. The summed E-state index contributed by atoms with van der Waals surface area (Å²) in [6.45, 7) is 0.393. The number of hydrogen-bond donors (Lipinski definition) is 3. The van der Waals surface area contributed by atoms with Gasteiger partial charge in [-0.25, -0.2) is 0 Å². The van der Waals surface area contributed by atoms with E-state index in [9.17, 15) is 24.6 Å². The van der Waals surface area contributed by atoms with Gasteiger partial charge in [0.1, 0.15) is 18.5 Å². The van der Waals surface area contributed by atoms with E-state index in [1.807, 2.05) is 0 Å². The number of nitrogens with zero attached hydrogens (tertiary/aromatic N) is 1. The Morgan fingerprint density at radius 2 is 1.92 bits per heavy atom. The molecule has 9 heteroatoms. The van der Waals surface area contributed by atoms with Gasteiger partial charge in [-0.1, -0.05) is 25.7 Å². The molecule has 0 spiro atoms. The number of hydrogen-bond acceptors (Lipinski definition) is 7. The molecular weight excluding hydrogens is 488 g/mol. The second-order valence-electron chi connectivity index (χ2n) is 11.0.